The van der Waals surface area contributed by atoms with Crippen molar-refractivity contribution in [3.8, 4) is 0 Å². The first kappa shape index (κ1) is 18.1. The quantitative estimate of drug-likeness (QED) is 0.709. The molecular weight excluding hydrogens is 351 g/mol. The van der Waals surface area contributed by atoms with E-state index >= 15 is 0 Å². The van der Waals surface area contributed by atoms with Crippen LogP contribution >= 0.6 is 0 Å². The zero-order valence-electron chi connectivity index (χ0n) is 16.7. The number of hydrogen-bond acceptors (Lipinski definition) is 2. The zero-order chi connectivity index (χ0) is 19.3. The van der Waals surface area contributed by atoms with E-state index in [1.807, 2.05) is 6.20 Å². The molecule has 3 nitrogen and oxygen atoms in total. The maximum Gasteiger partial charge on any atom is 0.226 e. The molecule has 2 saturated carbocycles. The van der Waals surface area contributed by atoms with E-state index in [0.29, 0.717) is 11.8 Å². The van der Waals surface area contributed by atoms with Crippen molar-refractivity contribution in [2.45, 2.75) is 57.8 Å². The summed E-state index contributed by atoms with van der Waals surface area (Å²) in [4.78, 5) is 19.5. The molecule has 0 bridgehead atoms. The number of halogens is 1. The van der Waals surface area contributed by atoms with Gasteiger partial charge in [0, 0.05) is 30.6 Å². The number of rotatable bonds is 2. The number of amides is 1. The number of likely N-dealkylation sites (tertiary alicyclic amines) is 1. The van der Waals surface area contributed by atoms with Gasteiger partial charge in [0.05, 0.1) is 5.52 Å². The van der Waals surface area contributed by atoms with E-state index in [4.69, 9.17) is 0 Å². The predicted octanol–water partition coefficient (Wildman–Crippen LogP) is 5.30. The van der Waals surface area contributed by atoms with E-state index in [-0.39, 0.29) is 17.2 Å². The van der Waals surface area contributed by atoms with E-state index in [1.165, 1.54) is 11.6 Å². The third kappa shape index (κ3) is 3.11. The lowest BCUT2D eigenvalue weighted by atomic mass is 9.75. The Hall–Kier alpha value is -1.97. The molecule has 1 aliphatic heterocycles. The second-order valence-electron chi connectivity index (χ2n) is 9.46. The summed E-state index contributed by atoms with van der Waals surface area (Å²) >= 11 is 0. The Bertz CT molecular complexity index is 895. The number of nitrogens with zero attached hydrogens (tertiary/aromatic N) is 2. The Morgan fingerprint density at radius 1 is 1.14 bits per heavy atom. The molecular formula is C24H29FN2O. The molecule has 1 aromatic carbocycles. The van der Waals surface area contributed by atoms with Crippen LogP contribution in [0, 0.1) is 23.1 Å². The number of aromatic nitrogens is 1. The van der Waals surface area contributed by atoms with Crippen LogP contribution in [0.1, 0.15) is 63.4 Å². The highest BCUT2D eigenvalue weighted by molar-refractivity contribution is 5.83. The predicted molar refractivity (Wildman–Crippen MR) is 108 cm³/mol. The molecule has 1 spiro atoms. The highest BCUT2D eigenvalue weighted by Gasteiger charge is 2.59. The largest absolute Gasteiger partial charge is 0.342 e. The molecule has 0 unspecified atom stereocenters. The lowest BCUT2D eigenvalue weighted by Gasteiger charge is -2.33. The number of pyridine rings is 1. The minimum absolute atomic E-state index is 0.197. The van der Waals surface area contributed by atoms with Crippen LogP contribution in [0.15, 0.2) is 30.5 Å². The first-order valence-corrected chi connectivity index (χ1v) is 10.9. The van der Waals surface area contributed by atoms with Crippen LogP contribution in [-0.4, -0.2) is 28.9 Å². The summed E-state index contributed by atoms with van der Waals surface area (Å²) in [5, 5.41) is 0.953. The maximum atomic E-state index is 13.8. The normalized spacial score (nSPS) is 30.7. The van der Waals surface area contributed by atoms with Gasteiger partial charge < -0.3 is 4.90 Å². The van der Waals surface area contributed by atoms with Gasteiger partial charge in [0.15, 0.2) is 0 Å². The van der Waals surface area contributed by atoms with Crippen LogP contribution in [0.2, 0.25) is 0 Å². The fraction of sp³-hybridized carbons (Fsp3) is 0.583. The molecule has 148 valence electrons. The van der Waals surface area contributed by atoms with Crippen molar-refractivity contribution in [1.29, 1.82) is 0 Å². The van der Waals surface area contributed by atoms with Gasteiger partial charge in [0.1, 0.15) is 5.82 Å². The Labute approximate surface area is 166 Å². The molecule has 4 heteroatoms. The van der Waals surface area contributed by atoms with Crippen LogP contribution in [-0.2, 0) is 4.79 Å². The molecule has 3 aliphatic rings. The van der Waals surface area contributed by atoms with Gasteiger partial charge in [-0.2, -0.15) is 0 Å². The van der Waals surface area contributed by atoms with E-state index in [1.54, 1.807) is 12.1 Å². The second-order valence-corrected chi connectivity index (χ2v) is 9.46. The van der Waals surface area contributed by atoms with Crippen molar-refractivity contribution in [1.82, 2.24) is 9.88 Å². The molecule has 1 saturated heterocycles. The Kier molecular flexibility index (Phi) is 4.41. The standard InChI is InChI=1S/C24H29FN2O/c1-16-7-12-27(13-8-16)23(28)21-15-24(21)9-4-17(5-10-24)19-6-11-26-22-3-2-18(25)14-20(19)22/h2-3,6,11,14,16-17,21H,4-5,7-10,12-13,15H2,1H3/t17?,21-,24?/m1/s1. The summed E-state index contributed by atoms with van der Waals surface area (Å²) in [6.07, 6.45) is 9.66. The van der Waals surface area contributed by atoms with Crippen LogP contribution in [0.25, 0.3) is 10.9 Å². The zero-order valence-corrected chi connectivity index (χ0v) is 16.7. The van der Waals surface area contributed by atoms with E-state index in [9.17, 15) is 9.18 Å². The number of benzene rings is 1. The summed E-state index contributed by atoms with van der Waals surface area (Å²) in [6.45, 7) is 4.18. The van der Waals surface area contributed by atoms with E-state index in [2.05, 4.69) is 22.9 Å². The maximum absolute atomic E-state index is 13.8. The van der Waals surface area contributed by atoms with E-state index in [0.717, 1.165) is 74.9 Å². The molecule has 1 atom stereocenters. The van der Waals surface area contributed by atoms with Gasteiger partial charge in [-0.3, -0.25) is 9.78 Å². The topological polar surface area (TPSA) is 33.2 Å². The molecule has 0 N–H and O–H groups in total. The van der Waals surface area contributed by atoms with Crippen molar-refractivity contribution in [2.24, 2.45) is 17.3 Å². The Morgan fingerprint density at radius 2 is 1.89 bits per heavy atom. The number of carbonyl (C=O) groups excluding carboxylic acids is 1. The Morgan fingerprint density at radius 3 is 2.64 bits per heavy atom. The molecule has 2 aliphatic carbocycles. The van der Waals surface area contributed by atoms with Crippen LogP contribution in [0.5, 0.6) is 0 Å². The van der Waals surface area contributed by atoms with Crippen molar-refractivity contribution >= 4 is 16.8 Å². The fourth-order valence-corrected chi connectivity index (χ4v) is 5.70. The molecule has 0 radical (unpaired) electrons. The van der Waals surface area contributed by atoms with Gasteiger partial charge in [-0.15, -0.1) is 0 Å². The van der Waals surface area contributed by atoms with Gasteiger partial charge in [0.2, 0.25) is 5.91 Å². The monoisotopic (exact) mass is 380 g/mol. The van der Waals surface area contributed by atoms with E-state index < -0.39 is 0 Å². The molecule has 2 aromatic rings. The summed E-state index contributed by atoms with van der Waals surface area (Å²) < 4.78 is 13.8. The van der Waals surface area contributed by atoms with Gasteiger partial charge >= 0.3 is 0 Å². The highest BCUT2D eigenvalue weighted by atomic mass is 19.1. The average Bonchev–Trinajstić information content (AvgIpc) is 3.41. The van der Waals surface area contributed by atoms with Crippen LogP contribution in [0.3, 0.4) is 0 Å². The van der Waals surface area contributed by atoms with Crippen molar-refractivity contribution in [3.63, 3.8) is 0 Å². The van der Waals surface area contributed by atoms with Gasteiger partial charge in [-0.25, -0.2) is 4.39 Å². The smallest absolute Gasteiger partial charge is 0.226 e. The first-order valence-electron chi connectivity index (χ1n) is 10.9. The van der Waals surface area contributed by atoms with Gasteiger partial charge in [0.25, 0.3) is 0 Å². The third-order valence-electron chi connectivity index (χ3n) is 7.74. The molecule has 5 rings (SSSR count). The summed E-state index contributed by atoms with van der Waals surface area (Å²) in [5.74, 6) is 1.69. The van der Waals surface area contributed by atoms with Crippen molar-refractivity contribution in [2.75, 3.05) is 13.1 Å². The van der Waals surface area contributed by atoms with Crippen LogP contribution in [0.4, 0.5) is 4.39 Å². The fourth-order valence-electron chi connectivity index (χ4n) is 5.70. The second kappa shape index (κ2) is 6.82. The van der Waals surface area contributed by atoms with Gasteiger partial charge in [-0.05, 0) is 92.0 Å². The average molecular weight is 381 g/mol. The number of fused-ring (bicyclic) bond motifs is 1. The molecule has 1 amide bonds. The minimum Gasteiger partial charge on any atom is -0.342 e. The number of carbonyl (C=O) groups is 1. The van der Waals surface area contributed by atoms with Crippen molar-refractivity contribution < 1.29 is 9.18 Å². The van der Waals surface area contributed by atoms with Crippen LogP contribution < -0.4 is 0 Å². The summed E-state index contributed by atoms with van der Waals surface area (Å²) in [6, 6.07) is 6.95. The summed E-state index contributed by atoms with van der Waals surface area (Å²) in [7, 11) is 0. The molecule has 28 heavy (non-hydrogen) atoms. The molecule has 3 fully saturated rings. The number of hydrogen-bond donors (Lipinski definition) is 0. The lowest BCUT2D eigenvalue weighted by molar-refractivity contribution is -0.135. The highest BCUT2D eigenvalue weighted by Crippen LogP contribution is 2.64. The third-order valence-corrected chi connectivity index (χ3v) is 7.74. The lowest BCUT2D eigenvalue weighted by Crippen LogP contribution is -2.40. The molecule has 2 heterocycles. The van der Waals surface area contributed by atoms with Gasteiger partial charge in [-0.1, -0.05) is 6.92 Å². The summed E-state index contributed by atoms with van der Waals surface area (Å²) in [5.41, 5.74) is 2.36. The Balaban J connectivity index is 1.27. The SMILES string of the molecule is CC1CCN(C(=O)[C@H]2CC23CCC(c2ccnc4ccc(F)cc24)CC3)CC1. The molecule has 1 aromatic heterocycles. The minimum atomic E-state index is -0.197. The van der Waals surface area contributed by atoms with Crippen molar-refractivity contribution in [3.05, 3.63) is 41.8 Å². The number of piperidine rings is 1. The first-order chi connectivity index (χ1) is 13.6.